The smallest absolute Gasteiger partial charge is 0.274 e. The number of hydrogen-bond acceptors (Lipinski definition) is 8. The van der Waals surface area contributed by atoms with Gasteiger partial charge in [0.1, 0.15) is 23.0 Å². The molecule has 0 radical (unpaired) electrons. The number of amides is 1. The van der Waals surface area contributed by atoms with Crippen molar-refractivity contribution in [2.24, 2.45) is 10.2 Å². The van der Waals surface area contributed by atoms with Gasteiger partial charge in [-0.15, -0.1) is 16.8 Å². The molecule has 2 rings (SSSR count). The molecule has 0 saturated heterocycles. The number of allylic oxidation sites excluding steroid dienone is 1. The Hall–Kier alpha value is -4.33. The summed E-state index contributed by atoms with van der Waals surface area (Å²) >= 11 is 0. The predicted molar refractivity (Wildman–Crippen MR) is 104 cm³/mol. The molecule has 2 aromatic rings. The predicted octanol–water partition coefficient (Wildman–Crippen LogP) is 3.20. The Bertz CT molecular complexity index is 1140. The fourth-order valence-electron chi connectivity index (χ4n) is 2.42. The molecule has 0 bridgehead atoms. The molecule has 0 aliphatic carbocycles. The van der Waals surface area contributed by atoms with Crippen molar-refractivity contribution < 1.29 is 14.8 Å². The first-order valence-corrected chi connectivity index (χ1v) is 8.15. The van der Waals surface area contributed by atoms with Crippen LogP contribution in [0.4, 0.5) is 22.7 Å². The summed E-state index contributed by atoms with van der Waals surface area (Å²) in [4.78, 5) is 33.9. The van der Waals surface area contributed by atoms with Crippen molar-refractivity contribution in [2.75, 3.05) is 5.32 Å². The summed E-state index contributed by atoms with van der Waals surface area (Å²) in [7, 11) is 0. The Kier molecular flexibility index (Phi) is 6.20. The second kappa shape index (κ2) is 8.57. The SMILES string of the molecule is C=CCn1cc(N=Nc2cc([N+](=O)[O-])cc(NC(C)=O)c2O)c(C)c(C#N)c1=O. The number of anilines is 1. The van der Waals surface area contributed by atoms with E-state index in [1.165, 1.54) is 30.7 Å². The average molecular weight is 396 g/mol. The van der Waals surface area contributed by atoms with Gasteiger partial charge in [0.05, 0.1) is 10.6 Å². The third kappa shape index (κ3) is 4.51. The van der Waals surface area contributed by atoms with Gasteiger partial charge in [0, 0.05) is 37.4 Å². The van der Waals surface area contributed by atoms with Gasteiger partial charge in [-0.1, -0.05) is 6.08 Å². The Morgan fingerprint density at radius 1 is 1.45 bits per heavy atom. The minimum absolute atomic E-state index is 0.130. The van der Waals surface area contributed by atoms with E-state index in [1.807, 2.05) is 6.07 Å². The molecular weight excluding hydrogens is 380 g/mol. The molecule has 1 aromatic heterocycles. The summed E-state index contributed by atoms with van der Waals surface area (Å²) in [6.45, 7) is 6.35. The summed E-state index contributed by atoms with van der Waals surface area (Å²) in [5, 5.41) is 40.7. The van der Waals surface area contributed by atoms with Gasteiger partial charge in [-0.2, -0.15) is 5.26 Å². The van der Waals surface area contributed by atoms with E-state index in [1.54, 1.807) is 0 Å². The molecule has 0 unspecified atom stereocenters. The number of aromatic hydroxyl groups is 1. The number of non-ortho nitro benzene ring substituents is 1. The highest BCUT2D eigenvalue weighted by Gasteiger charge is 2.18. The molecular formula is C18H16N6O5. The van der Waals surface area contributed by atoms with E-state index in [0.29, 0.717) is 0 Å². The zero-order chi connectivity index (χ0) is 21.7. The summed E-state index contributed by atoms with van der Waals surface area (Å²) in [5.74, 6) is -1.07. The van der Waals surface area contributed by atoms with E-state index < -0.39 is 27.8 Å². The monoisotopic (exact) mass is 396 g/mol. The number of hydrogen-bond donors (Lipinski definition) is 2. The Labute approximate surface area is 164 Å². The zero-order valence-corrected chi connectivity index (χ0v) is 15.5. The normalized spacial score (nSPS) is 10.5. The van der Waals surface area contributed by atoms with E-state index in [-0.39, 0.29) is 34.7 Å². The fraction of sp³-hybridized carbons (Fsp3) is 0.167. The maximum absolute atomic E-state index is 12.2. The molecule has 11 heteroatoms. The number of nitrogens with zero attached hydrogens (tertiary/aromatic N) is 5. The first-order valence-electron chi connectivity index (χ1n) is 8.15. The third-order valence-corrected chi connectivity index (χ3v) is 3.81. The number of nitro benzene ring substituents is 1. The first kappa shape index (κ1) is 21.0. The van der Waals surface area contributed by atoms with Crippen molar-refractivity contribution in [3.05, 3.63) is 62.6 Å². The molecule has 0 aliphatic heterocycles. The van der Waals surface area contributed by atoms with Crippen LogP contribution in [-0.2, 0) is 11.3 Å². The lowest BCUT2D eigenvalue weighted by molar-refractivity contribution is -0.384. The number of nitrogens with one attached hydrogen (secondary N) is 1. The lowest BCUT2D eigenvalue weighted by Gasteiger charge is -2.09. The summed E-state index contributed by atoms with van der Waals surface area (Å²) in [5.41, 5.74) is -1.15. The number of azo groups is 1. The molecule has 1 heterocycles. The van der Waals surface area contributed by atoms with Crippen LogP contribution >= 0.6 is 0 Å². The molecule has 2 N–H and O–H groups in total. The fourth-order valence-corrected chi connectivity index (χ4v) is 2.42. The molecule has 0 spiro atoms. The van der Waals surface area contributed by atoms with Crippen molar-refractivity contribution in [3.63, 3.8) is 0 Å². The Balaban J connectivity index is 2.63. The van der Waals surface area contributed by atoms with Crippen LogP contribution in [-0.4, -0.2) is 20.5 Å². The van der Waals surface area contributed by atoms with Crippen LogP contribution in [0.1, 0.15) is 18.1 Å². The van der Waals surface area contributed by atoms with Crippen molar-refractivity contribution in [2.45, 2.75) is 20.4 Å². The van der Waals surface area contributed by atoms with Gasteiger partial charge in [-0.3, -0.25) is 19.7 Å². The van der Waals surface area contributed by atoms with E-state index >= 15 is 0 Å². The van der Waals surface area contributed by atoms with Crippen molar-refractivity contribution in [1.29, 1.82) is 5.26 Å². The second-order valence-electron chi connectivity index (χ2n) is 5.87. The number of carbonyl (C=O) groups is 1. The number of benzene rings is 1. The molecule has 29 heavy (non-hydrogen) atoms. The van der Waals surface area contributed by atoms with Crippen molar-refractivity contribution in [1.82, 2.24) is 4.57 Å². The highest BCUT2D eigenvalue weighted by molar-refractivity contribution is 5.92. The molecule has 1 aromatic carbocycles. The summed E-state index contributed by atoms with van der Waals surface area (Å²) in [6.07, 6.45) is 2.82. The average Bonchev–Trinajstić information content (AvgIpc) is 2.65. The Morgan fingerprint density at radius 3 is 2.66 bits per heavy atom. The molecule has 148 valence electrons. The lowest BCUT2D eigenvalue weighted by atomic mass is 10.1. The largest absolute Gasteiger partial charge is 0.504 e. The third-order valence-electron chi connectivity index (χ3n) is 3.81. The minimum atomic E-state index is -0.715. The summed E-state index contributed by atoms with van der Waals surface area (Å²) in [6, 6.07) is 3.77. The van der Waals surface area contributed by atoms with E-state index in [9.17, 15) is 30.1 Å². The van der Waals surface area contributed by atoms with Gasteiger partial charge >= 0.3 is 0 Å². The van der Waals surface area contributed by atoms with E-state index in [0.717, 1.165) is 12.1 Å². The first-order chi connectivity index (χ1) is 13.7. The molecule has 0 fully saturated rings. The Morgan fingerprint density at radius 2 is 2.10 bits per heavy atom. The van der Waals surface area contributed by atoms with Gasteiger partial charge in [0.2, 0.25) is 5.91 Å². The second-order valence-corrected chi connectivity index (χ2v) is 5.87. The lowest BCUT2D eigenvalue weighted by Crippen LogP contribution is -2.22. The van der Waals surface area contributed by atoms with E-state index in [4.69, 9.17) is 0 Å². The van der Waals surface area contributed by atoms with Gasteiger partial charge in [0.25, 0.3) is 11.2 Å². The van der Waals surface area contributed by atoms with Gasteiger partial charge in [-0.05, 0) is 6.92 Å². The quantitative estimate of drug-likeness (QED) is 0.250. The maximum Gasteiger partial charge on any atom is 0.274 e. The van der Waals surface area contributed by atoms with Gasteiger partial charge in [-0.25, -0.2) is 0 Å². The molecule has 0 saturated carbocycles. The van der Waals surface area contributed by atoms with Crippen LogP contribution in [0.25, 0.3) is 0 Å². The zero-order valence-electron chi connectivity index (χ0n) is 15.5. The highest BCUT2D eigenvalue weighted by Crippen LogP contribution is 2.39. The number of nitriles is 1. The number of rotatable bonds is 6. The van der Waals surface area contributed by atoms with Gasteiger partial charge < -0.3 is 15.0 Å². The highest BCUT2D eigenvalue weighted by atomic mass is 16.6. The van der Waals surface area contributed by atoms with Crippen LogP contribution in [0.2, 0.25) is 0 Å². The number of phenolic OH excluding ortho intramolecular Hbond substituents is 1. The molecule has 1 amide bonds. The molecule has 0 atom stereocenters. The van der Waals surface area contributed by atoms with Crippen LogP contribution < -0.4 is 10.9 Å². The number of phenols is 1. The number of nitro groups is 1. The van der Waals surface area contributed by atoms with Crippen LogP contribution in [0.15, 0.2) is 46.0 Å². The van der Waals surface area contributed by atoms with Crippen molar-refractivity contribution in [3.8, 4) is 11.8 Å². The standard InChI is InChI=1S/C18H16N6O5/c1-4-5-23-9-16(10(2)13(8-19)18(23)27)22-21-15-7-12(24(28)29)6-14(17(15)26)20-11(3)25/h4,6-7,9,26H,1,5H2,2-3H3,(H,20,25). The maximum atomic E-state index is 12.2. The topological polar surface area (TPSA) is 163 Å². The van der Waals surface area contributed by atoms with Crippen molar-refractivity contribution >= 4 is 28.7 Å². The van der Waals surface area contributed by atoms with E-state index in [2.05, 4.69) is 22.1 Å². The van der Waals surface area contributed by atoms with Crippen LogP contribution in [0.3, 0.4) is 0 Å². The van der Waals surface area contributed by atoms with Crippen LogP contribution in [0, 0.1) is 28.4 Å². The van der Waals surface area contributed by atoms with Crippen LogP contribution in [0.5, 0.6) is 5.75 Å². The summed E-state index contributed by atoms with van der Waals surface area (Å²) < 4.78 is 1.21. The number of aromatic nitrogens is 1. The molecule has 0 aliphatic rings. The minimum Gasteiger partial charge on any atom is -0.504 e. The molecule has 11 nitrogen and oxygen atoms in total. The van der Waals surface area contributed by atoms with Gasteiger partial charge in [0.15, 0.2) is 5.75 Å². The number of pyridine rings is 1. The number of carbonyl (C=O) groups excluding carboxylic acids is 1.